The van der Waals surface area contributed by atoms with Crippen LogP contribution in [0.4, 0.5) is 5.69 Å². The number of pyridine rings is 1. The molecule has 0 saturated heterocycles. The van der Waals surface area contributed by atoms with Gasteiger partial charge in [-0.3, -0.25) is 4.57 Å². The Morgan fingerprint density at radius 3 is 2.30 bits per heavy atom. The number of thioether (sulfide) groups is 1. The van der Waals surface area contributed by atoms with Crippen LogP contribution in [0.5, 0.6) is 0 Å². The zero-order valence-electron chi connectivity index (χ0n) is 19.9. The molecule has 0 atom stereocenters. The Morgan fingerprint density at radius 1 is 0.892 bits per heavy atom. The molecule has 6 nitrogen and oxygen atoms in total. The predicted molar refractivity (Wildman–Crippen MR) is 151 cm³/mol. The molecule has 0 unspecified atom stereocenters. The quantitative estimate of drug-likeness (QED) is 0.229. The summed E-state index contributed by atoms with van der Waals surface area (Å²) in [6.45, 7) is 0.588. The van der Waals surface area contributed by atoms with Gasteiger partial charge in [-0.15, -0.1) is 10.2 Å². The molecule has 0 fully saturated rings. The number of furan rings is 1. The van der Waals surface area contributed by atoms with Crippen LogP contribution in [0.15, 0.2) is 101 Å². The van der Waals surface area contributed by atoms with E-state index in [1.165, 1.54) is 11.8 Å². The molecule has 0 amide bonds. The lowest BCUT2D eigenvalue weighted by molar-refractivity contribution is 0.602. The van der Waals surface area contributed by atoms with Crippen molar-refractivity contribution in [1.82, 2.24) is 19.7 Å². The van der Waals surface area contributed by atoms with Gasteiger partial charge in [0, 0.05) is 10.6 Å². The fraction of sp³-hybridized carbons (Fsp3) is 0.0690. The van der Waals surface area contributed by atoms with E-state index in [1.807, 2.05) is 77.6 Å². The summed E-state index contributed by atoms with van der Waals surface area (Å²) in [7, 11) is 0. The first kappa shape index (κ1) is 23.3. The molecule has 0 aliphatic carbocycles. The number of anilines is 1. The van der Waals surface area contributed by atoms with Crippen LogP contribution >= 0.6 is 23.4 Å². The third-order valence-corrected chi connectivity index (χ3v) is 7.13. The van der Waals surface area contributed by atoms with E-state index >= 15 is 0 Å². The molecular weight excluding hydrogens is 502 g/mol. The van der Waals surface area contributed by atoms with Gasteiger partial charge in [0.05, 0.1) is 23.3 Å². The second kappa shape index (κ2) is 9.76. The summed E-state index contributed by atoms with van der Waals surface area (Å²) in [5.74, 6) is 1.02. The number of nitrogens with two attached hydrogens (primary N) is 1. The van der Waals surface area contributed by atoms with E-state index in [-0.39, 0.29) is 0 Å². The minimum absolute atomic E-state index is 0.443. The van der Waals surface area contributed by atoms with Crippen LogP contribution in [-0.4, -0.2) is 26.0 Å². The van der Waals surface area contributed by atoms with Crippen LogP contribution < -0.4 is 5.73 Å². The number of benzene rings is 3. The zero-order valence-corrected chi connectivity index (χ0v) is 21.5. The highest BCUT2D eigenvalue weighted by Gasteiger charge is 2.25. The Hall–Kier alpha value is -4.07. The second-order valence-corrected chi connectivity index (χ2v) is 9.74. The average molecular weight is 524 g/mol. The van der Waals surface area contributed by atoms with Crippen LogP contribution in [0, 0.1) is 0 Å². The van der Waals surface area contributed by atoms with Gasteiger partial charge in [0.25, 0.3) is 0 Å². The van der Waals surface area contributed by atoms with Gasteiger partial charge in [-0.1, -0.05) is 96.2 Å². The highest BCUT2D eigenvalue weighted by molar-refractivity contribution is 7.98. The van der Waals surface area contributed by atoms with Crippen molar-refractivity contribution in [3.8, 4) is 34.0 Å². The number of fused-ring (bicyclic) bond motifs is 1. The molecular formula is C29H22ClN5OS. The number of rotatable bonds is 6. The smallest absolute Gasteiger partial charge is 0.230 e. The summed E-state index contributed by atoms with van der Waals surface area (Å²) >= 11 is 7.65. The topological polar surface area (TPSA) is 82.8 Å². The maximum absolute atomic E-state index is 6.79. The maximum atomic E-state index is 6.79. The number of hydrogen-bond donors (Lipinski definition) is 1. The average Bonchev–Trinajstić information content (AvgIpc) is 3.49. The molecule has 182 valence electrons. The highest BCUT2D eigenvalue weighted by atomic mass is 35.5. The molecule has 0 aliphatic heterocycles. The van der Waals surface area contributed by atoms with E-state index in [4.69, 9.17) is 26.7 Å². The molecule has 8 heteroatoms. The Morgan fingerprint density at radius 2 is 1.59 bits per heavy atom. The monoisotopic (exact) mass is 523 g/mol. The first-order valence-electron chi connectivity index (χ1n) is 11.7. The largest absolute Gasteiger partial charge is 0.432 e. The van der Waals surface area contributed by atoms with E-state index < -0.39 is 0 Å². The Kier molecular flexibility index (Phi) is 6.16. The molecule has 3 aromatic carbocycles. The molecule has 6 rings (SSSR count). The Labute approximate surface area is 223 Å². The van der Waals surface area contributed by atoms with Crippen molar-refractivity contribution < 1.29 is 4.42 Å². The van der Waals surface area contributed by atoms with Crippen molar-refractivity contribution in [2.75, 3.05) is 12.0 Å². The lowest BCUT2D eigenvalue weighted by Crippen LogP contribution is -2.04. The number of hydrogen-bond acceptors (Lipinski definition) is 6. The lowest BCUT2D eigenvalue weighted by atomic mass is 9.99. The first-order chi connectivity index (χ1) is 18.1. The van der Waals surface area contributed by atoms with E-state index in [2.05, 4.69) is 34.5 Å². The summed E-state index contributed by atoms with van der Waals surface area (Å²) in [6, 6.07) is 29.9. The van der Waals surface area contributed by atoms with Crippen molar-refractivity contribution in [1.29, 1.82) is 0 Å². The Balaban J connectivity index is 1.57. The molecule has 3 heterocycles. The molecule has 6 aromatic rings. The summed E-state index contributed by atoms with van der Waals surface area (Å²) in [6.07, 6.45) is 1.98. The fourth-order valence-corrected chi connectivity index (χ4v) is 5.04. The van der Waals surface area contributed by atoms with Crippen molar-refractivity contribution in [2.24, 2.45) is 0 Å². The third kappa shape index (κ3) is 4.37. The van der Waals surface area contributed by atoms with Crippen LogP contribution in [0.25, 0.3) is 45.1 Å². The minimum atomic E-state index is 0.443. The minimum Gasteiger partial charge on any atom is -0.432 e. The molecule has 0 aliphatic rings. The SMILES string of the molecule is CSc1nnc(-c2oc3nc(-c4ccc(Cl)cc4)cc(-c4ccccc4)c3c2N)n1Cc1ccccc1. The summed E-state index contributed by atoms with van der Waals surface area (Å²) in [5.41, 5.74) is 12.5. The molecule has 0 bridgehead atoms. The lowest BCUT2D eigenvalue weighted by Gasteiger charge is -2.09. The van der Waals surface area contributed by atoms with Crippen LogP contribution in [0.1, 0.15) is 5.56 Å². The van der Waals surface area contributed by atoms with Gasteiger partial charge in [0.2, 0.25) is 11.5 Å². The van der Waals surface area contributed by atoms with Crippen LogP contribution in [-0.2, 0) is 6.54 Å². The summed E-state index contributed by atoms with van der Waals surface area (Å²) in [4.78, 5) is 4.86. The fourth-order valence-electron chi connectivity index (χ4n) is 4.42. The first-order valence-corrected chi connectivity index (χ1v) is 13.3. The zero-order chi connectivity index (χ0) is 25.4. The van der Waals surface area contributed by atoms with Gasteiger partial charge in [-0.25, -0.2) is 4.98 Å². The van der Waals surface area contributed by atoms with Crippen LogP contribution in [0.3, 0.4) is 0 Å². The van der Waals surface area contributed by atoms with E-state index in [0.29, 0.717) is 34.6 Å². The molecule has 3 aromatic heterocycles. The van der Waals surface area contributed by atoms with Gasteiger partial charge in [0.15, 0.2) is 10.9 Å². The Bertz CT molecular complexity index is 1700. The number of aromatic nitrogens is 4. The number of halogens is 1. The summed E-state index contributed by atoms with van der Waals surface area (Å²) < 4.78 is 8.40. The van der Waals surface area contributed by atoms with Crippen molar-refractivity contribution in [2.45, 2.75) is 11.7 Å². The van der Waals surface area contributed by atoms with Gasteiger partial charge in [-0.05, 0) is 41.1 Å². The van der Waals surface area contributed by atoms with Gasteiger partial charge in [-0.2, -0.15) is 0 Å². The van der Waals surface area contributed by atoms with E-state index in [1.54, 1.807) is 0 Å². The molecule has 2 N–H and O–H groups in total. The molecule has 0 saturated carbocycles. The number of nitrogens with zero attached hydrogens (tertiary/aromatic N) is 4. The van der Waals surface area contributed by atoms with Crippen molar-refractivity contribution in [3.63, 3.8) is 0 Å². The molecule has 0 spiro atoms. The van der Waals surface area contributed by atoms with Gasteiger partial charge in [0.1, 0.15) is 0 Å². The highest BCUT2D eigenvalue weighted by Crippen LogP contribution is 2.42. The third-order valence-electron chi connectivity index (χ3n) is 6.21. The molecule has 37 heavy (non-hydrogen) atoms. The van der Waals surface area contributed by atoms with Gasteiger partial charge >= 0.3 is 0 Å². The second-order valence-electron chi connectivity index (χ2n) is 8.54. The number of nitrogen functional groups attached to an aromatic ring is 1. The maximum Gasteiger partial charge on any atom is 0.230 e. The van der Waals surface area contributed by atoms with E-state index in [0.717, 1.165) is 38.5 Å². The van der Waals surface area contributed by atoms with E-state index in [9.17, 15) is 0 Å². The summed E-state index contributed by atoms with van der Waals surface area (Å²) in [5, 5.41) is 11.1. The van der Waals surface area contributed by atoms with Crippen molar-refractivity contribution in [3.05, 3.63) is 102 Å². The van der Waals surface area contributed by atoms with Crippen LogP contribution in [0.2, 0.25) is 5.02 Å². The van der Waals surface area contributed by atoms with Gasteiger partial charge < -0.3 is 10.2 Å². The standard InChI is InChI=1S/C29H22ClN5OS/c1-37-29-34-33-27(35(29)17-18-8-4-2-5-9-18)26-25(31)24-22(19-10-6-3-7-11-19)16-23(32-28(24)36-26)20-12-14-21(30)15-13-20/h2-16H,17,31H2,1H3. The van der Waals surface area contributed by atoms with Crippen molar-refractivity contribution >= 4 is 40.1 Å². The molecule has 0 radical (unpaired) electrons. The normalized spacial score (nSPS) is 11.3. The predicted octanol–water partition coefficient (Wildman–Crippen LogP) is 7.43.